The predicted octanol–water partition coefficient (Wildman–Crippen LogP) is 3.30. The van der Waals surface area contributed by atoms with Crippen molar-refractivity contribution >= 4 is 17.7 Å². The van der Waals surface area contributed by atoms with Crippen molar-refractivity contribution in [2.75, 3.05) is 13.2 Å². The van der Waals surface area contributed by atoms with Gasteiger partial charge in [0.25, 0.3) is 0 Å². The van der Waals surface area contributed by atoms with Gasteiger partial charge >= 0.3 is 6.09 Å². The van der Waals surface area contributed by atoms with Crippen LogP contribution in [0.2, 0.25) is 5.15 Å². The van der Waals surface area contributed by atoms with E-state index >= 15 is 0 Å². The number of piperidine rings is 1. The fourth-order valence-corrected chi connectivity index (χ4v) is 2.45. The van der Waals surface area contributed by atoms with E-state index in [1.807, 2.05) is 20.8 Å². The van der Waals surface area contributed by atoms with E-state index in [0.29, 0.717) is 24.2 Å². The number of hydrogen-bond donors (Lipinski definition) is 0. The zero-order valence-corrected chi connectivity index (χ0v) is 14.0. The topological polar surface area (TPSA) is 64.5 Å². The number of hydrogen-bond acceptors (Lipinski definition) is 5. The Morgan fingerprint density at radius 3 is 2.86 bits per heavy atom. The van der Waals surface area contributed by atoms with Gasteiger partial charge in [-0.15, -0.1) is 0 Å². The smallest absolute Gasteiger partial charge is 0.410 e. The Morgan fingerprint density at radius 1 is 1.41 bits per heavy atom. The van der Waals surface area contributed by atoms with Crippen LogP contribution >= 0.6 is 11.6 Å². The van der Waals surface area contributed by atoms with Gasteiger partial charge in [0.2, 0.25) is 5.88 Å². The maximum atomic E-state index is 12.3. The van der Waals surface area contributed by atoms with Gasteiger partial charge in [-0.1, -0.05) is 11.6 Å². The van der Waals surface area contributed by atoms with Crippen LogP contribution in [0.15, 0.2) is 12.4 Å². The minimum Gasteiger partial charge on any atom is -0.475 e. The standard InChI is InChI=1S/C15H22ClN3O3/c1-15(2,3)22-14(20)19-7-5-4-6-11(19)9-21-13-8-12(16)17-10-18-13/h8,10-11H,4-7,9H2,1-3H3/t11-/m1/s1. The molecule has 0 aromatic carbocycles. The highest BCUT2D eigenvalue weighted by Gasteiger charge is 2.30. The van der Waals surface area contributed by atoms with Gasteiger partial charge in [-0.3, -0.25) is 0 Å². The molecule has 0 N–H and O–H groups in total. The van der Waals surface area contributed by atoms with Crippen molar-refractivity contribution in [3.63, 3.8) is 0 Å². The summed E-state index contributed by atoms with van der Waals surface area (Å²) in [4.78, 5) is 21.8. The Morgan fingerprint density at radius 2 is 2.18 bits per heavy atom. The van der Waals surface area contributed by atoms with Crippen molar-refractivity contribution in [2.45, 2.75) is 51.7 Å². The number of rotatable bonds is 3. The van der Waals surface area contributed by atoms with Gasteiger partial charge in [-0.05, 0) is 40.0 Å². The van der Waals surface area contributed by atoms with Crippen molar-refractivity contribution in [2.24, 2.45) is 0 Å². The zero-order chi connectivity index (χ0) is 16.2. The summed E-state index contributed by atoms with van der Waals surface area (Å²) in [7, 11) is 0. The minimum atomic E-state index is -0.500. The molecule has 122 valence electrons. The lowest BCUT2D eigenvalue weighted by atomic mass is 10.0. The highest BCUT2D eigenvalue weighted by Crippen LogP contribution is 2.21. The third-order valence-electron chi connectivity index (χ3n) is 3.29. The van der Waals surface area contributed by atoms with Gasteiger partial charge in [0.15, 0.2) is 0 Å². The normalized spacial score (nSPS) is 18.9. The van der Waals surface area contributed by atoms with E-state index in [-0.39, 0.29) is 12.1 Å². The van der Waals surface area contributed by atoms with E-state index in [9.17, 15) is 4.79 Å². The van der Waals surface area contributed by atoms with Gasteiger partial charge in [0, 0.05) is 12.6 Å². The van der Waals surface area contributed by atoms with Crippen molar-refractivity contribution in [1.29, 1.82) is 0 Å². The molecule has 0 radical (unpaired) electrons. The highest BCUT2D eigenvalue weighted by atomic mass is 35.5. The van der Waals surface area contributed by atoms with Crippen LogP contribution in [0, 0.1) is 0 Å². The first kappa shape index (κ1) is 16.8. The molecule has 0 unspecified atom stereocenters. The highest BCUT2D eigenvalue weighted by molar-refractivity contribution is 6.29. The molecule has 2 heterocycles. The summed E-state index contributed by atoms with van der Waals surface area (Å²) in [5.74, 6) is 0.412. The maximum Gasteiger partial charge on any atom is 0.410 e. The lowest BCUT2D eigenvalue weighted by molar-refractivity contribution is 0.00334. The summed E-state index contributed by atoms with van der Waals surface area (Å²) < 4.78 is 11.1. The predicted molar refractivity (Wildman–Crippen MR) is 83.1 cm³/mol. The third-order valence-corrected chi connectivity index (χ3v) is 3.49. The molecule has 1 atom stereocenters. The molecular weight excluding hydrogens is 306 g/mol. The molecule has 0 aliphatic carbocycles. The number of amides is 1. The van der Waals surface area contributed by atoms with Crippen LogP contribution in [0.4, 0.5) is 4.79 Å². The number of nitrogens with zero attached hydrogens (tertiary/aromatic N) is 3. The molecule has 1 fully saturated rings. The summed E-state index contributed by atoms with van der Waals surface area (Å²) in [5.41, 5.74) is -0.500. The molecule has 0 bridgehead atoms. The SMILES string of the molecule is CC(C)(C)OC(=O)N1CCCC[C@@H]1COc1cc(Cl)ncn1. The molecule has 1 aromatic rings. The number of carbonyl (C=O) groups excluding carboxylic acids is 1. The largest absolute Gasteiger partial charge is 0.475 e. The van der Waals surface area contributed by atoms with Gasteiger partial charge in [0.1, 0.15) is 23.7 Å². The molecule has 1 aliphatic rings. The van der Waals surface area contributed by atoms with Crippen LogP contribution in [0.25, 0.3) is 0 Å². The number of carbonyl (C=O) groups is 1. The van der Waals surface area contributed by atoms with Crippen molar-refractivity contribution in [3.8, 4) is 5.88 Å². The van der Waals surface area contributed by atoms with Crippen LogP contribution < -0.4 is 4.74 Å². The maximum absolute atomic E-state index is 12.3. The summed E-state index contributed by atoms with van der Waals surface area (Å²) in [6, 6.07) is 1.54. The van der Waals surface area contributed by atoms with Crippen LogP contribution in [-0.4, -0.2) is 45.8 Å². The van der Waals surface area contributed by atoms with Crippen LogP contribution in [-0.2, 0) is 4.74 Å². The lowest BCUT2D eigenvalue weighted by Crippen LogP contribution is -2.48. The van der Waals surface area contributed by atoms with E-state index in [2.05, 4.69) is 9.97 Å². The molecular formula is C15H22ClN3O3. The summed E-state index contributed by atoms with van der Waals surface area (Å²) in [6.45, 7) is 6.65. The number of ether oxygens (including phenoxy) is 2. The second-order valence-corrected chi connectivity index (χ2v) is 6.70. The minimum absolute atomic E-state index is 0.0164. The van der Waals surface area contributed by atoms with E-state index in [4.69, 9.17) is 21.1 Å². The molecule has 2 rings (SSSR count). The summed E-state index contributed by atoms with van der Waals surface area (Å²) in [5, 5.41) is 0.331. The molecule has 0 spiro atoms. The van der Waals surface area contributed by atoms with Gasteiger partial charge in [0.05, 0.1) is 6.04 Å². The van der Waals surface area contributed by atoms with E-state index in [1.165, 1.54) is 6.33 Å². The van der Waals surface area contributed by atoms with Gasteiger partial charge < -0.3 is 14.4 Å². The molecule has 6 nitrogen and oxygen atoms in total. The second-order valence-electron chi connectivity index (χ2n) is 6.31. The Hall–Kier alpha value is -1.56. The van der Waals surface area contributed by atoms with Crippen molar-refractivity contribution in [3.05, 3.63) is 17.5 Å². The number of halogens is 1. The zero-order valence-electron chi connectivity index (χ0n) is 13.2. The second kappa shape index (κ2) is 7.13. The van der Waals surface area contributed by atoms with E-state index in [0.717, 1.165) is 19.3 Å². The van der Waals surface area contributed by atoms with Crippen LogP contribution in [0.3, 0.4) is 0 Å². The van der Waals surface area contributed by atoms with Gasteiger partial charge in [-0.2, -0.15) is 0 Å². The first-order valence-electron chi connectivity index (χ1n) is 7.45. The van der Waals surface area contributed by atoms with Crippen LogP contribution in [0.5, 0.6) is 5.88 Å². The molecule has 0 saturated carbocycles. The monoisotopic (exact) mass is 327 g/mol. The lowest BCUT2D eigenvalue weighted by Gasteiger charge is -2.36. The van der Waals surface area contributed by atoms with Crippen LogP contribution in [0.1, 0.15) is 40.0 Å². The Balaban J connectivity index is 1.96. The first-order valence-corrected chi connectivity index (χ1v) is 7.83. The Kier molecular flexibility index (Phi) is 5.45. The molecule has 1 amide bonds. The molecule has 1 saturated heterocycles. The summed E-state index contributed by atoms with van der Waals surface area (Å²) >= 11 is 5.80. The van der Waals surface area contributed by atoms with E-state index < -0.39 is 5.60 Å². The fourth-order valence-electron chi connectivity index (χ4n) is 2.31. The Labute approximate surface area is 135 Å². The molecule has 1 aliphatic heterocycles. The molecule has 22 heavy (non-hydrogen) atoms. The van der Waals surface area contributed by atoms with Gasteiger partial charge in [-0.25, -0.2) is 14.8 Å². The summed E-state index contributed by atoms with van der Waals surface area (Å²) in [6.07, 6.45) is 4.00. The third kappa shape index (κ3) is 5.02. The van der Waals surface area contributed by atoms with Crippen molar-refractivity contribution in [1.82, 2.24) is 14.9 Å². The number of aromatic nitrogens is 2. The first-order chi connectivity index (χ1) is 10.3. The average molecular weight is 328 g/mol. The fraction of sp³-hybridized carbons (Fsp3) is 0.667. The Bertz CT molecular complexity index is 519. The quantitative estimate of drug-likeness (QED) is 0.797. The average Bonchev–Trinajstić information content (AvgIpc) is 2.44. The van der Waals surface area contributed by atoms with E-state index in [1.54, 1.807) is 11.0 Å². The molecule has 1 aromatic heterocycles. The molecule has 7 heteroatoms. The van der Waals surface area contributed by atoms with Crippen molar-refractivity contribution < 1.29 is 14.3 Å². The number of likely N-dealkylation sites (tertiary alicyclic amines) is 1.